The lowest BCUT2D eigenvalue weighted by Crippen LogP contribution is -2.30. The van der Waals surface area contributed by atoms with E-state index >= 15 is 0 Å². The van der Waals surface area contributed by atoms with Crippen LogP contribution in [-0.4, -0.2) is 38.8 Å². The Balaban J connectivity index is 1.93. The third-order valence-electron chi connectivity index (χ3n) is 4.75. The molecule has 0 atom stereocenters. The summed E-state index contributed by atoms with van der Waals surface area (Å²) in [5, 5.41) is 4.66. The molecule has 0 saturated heterocycles. The standard InChI is InChI=1S/C22H24N2O4S/c1-4-24(5-2)29(26,27)19-12-8-11-18(15-19)23-22(25)20-13-16-9-6-7-10-17(16)14-21(20)28-3/h6-15H,4-5H2,1-3H3,(H,23,25). The number of methoxy groups -OCH3 is 1. The number of amides is 1. The van der Waals surface area contributed by atoms with E-state index in [1.807, 2.05) is 30.3 Å². The van der Waals surface area contributed by atoms with Crippen molar-refractivity contribution in [1.29, 1.82) is 0 Å². The summed E-state index contributed by atoms with van der Waals surface area (Å²) in [6.45, 7) is 4.34. The molecule has 1 N–H and O–H groups in total. The summed E-state index contributed by atoms with van der Waals surface area (Å²) in [5.74, 6) is 0.0816. The van der Waals surface area contributed by atoms with Gasteiger partial charge >= 0.3 is 0 Å². The second kappa shape index (κ2) is 8.63. The number of anilines is 1. The second-order valence-corrected chi connectivity index (χ2v) is 8.41. The fourth-order valence-electron chi connectivity index (χ4n) is 3.21. The second-order valence-electron chi connectivity index (χ2n) is 6.47. The quantitative estimate of drug-likeness (QED) is 0.633. The molecule has 29 heavy (non-hydrogen) atoms. The summed E-state index contributed by atoms with van der Waals surface area (Å²) in [4.78, 5) is 13.0. The molecule has 3 rings (SSSR count). The molecule has 0 radical (unpaired) electrons. The van der Waals surface area contributed by atoms with Crippen LogP contribution < -0.4 is 10.1 Å². The number of nitrogens with one attached hydrogen (secondary N) is 1. The summed E-state index contributed by atoms with van der Waals surface area (Å²) in [7, 11) is -2.10. The van der Waals surface area contributed by atoms with Crippen molar-refractivity contribution in [2.45, 2.75) is 18.7 Å². The van der Waals surface area contributed by atoms with Crippen molar-refractivity contribution in [1.82, 2.24) is 4.31 Å². The number of carbonyl (C=O) groups excluding carboxylic acids is 1. The van der Waals surface area contributed by atoms with Crippen molar-refractivity contribution in [2.75, 3.05) is 25.5 Å². The summed E-state index contributed by atoms with van der Waals surface area (Å²) in [6, 6.07) is 17.5. The molecule has 0 aliphatic heterocycles. The van der Waals surface area contributed by atoms with Gasteiger partial charge in [0.1, 0.15) is 5.75 Å². The minimum absolute atomic E-state index is 0.143. The maximum absolute atomic E-state index is 12.9. The van der Waals surface area contributed by atoms with Gasteiger partial charge in [-0.25, -0.2) is 8.42 Å². The number of rotatable bonds is 7. The minimum atomic E-state index is -3.61. The average Bonchev–Trinajstić information content (AvgIpc) is 2.73. The predicted molar refractivity (Wildman–Crippen MR) is 115 cm³/mol. The van der Waals surface area contributed by atoms with Crippen LogP contribution in [0.2, 0.25) is 0 Å². The number of fused-ring (bicyclic) bond motifs is 1. The lowest BCUT2D eigenvalue weighted by atomic mass is 10.1. The maximum atomic E-state index is 12.9. The van der Waals surface area contributed by atoms with Crippen LogP contribution in [0.5, 0.6) is 5.75 Å². The smallest absolute Gasteiger partial charge is 0.259 e. The van der Waals surface area contributed by atoms with Crippen LogP contribution in [0, 0.1) is 0 Å². The van der Waals surface area contributed by atoms with Crippen molar-refractivity contribution in [3.05, 3.63) is 66.2 Å². The van der Waals surface area contributed by atoms with Crippen molar-refractivity contribution in [2.24, 2.45) is 0 Å². The largest absolute Gasteiger partial charge is 0.496 e. The van der Waals surface area contributed by atoms with Crippen molar-refractivity contribution < 1.29 is 17.9 Å². The monoisotopic (exact) mass is 412 g/mol. The topological polar surface area (TPSA) is 75.7 Å². The molecule has 0 aromatic heterocycles. The highest BCUT2D eigenvalue weighted by Gasteiger charge is 2.22. The van der Waals surface area contributed by atoms with Gasteiger partial charge in [-0.2, -0.15) is 4.31 Å². The molecule has 3 aromatic rings. The Labute approximate surface area is 171 Å². The van der Waals surface area contributed by atoms with E-state index < -0.39 is 10.0 Å². The number of benzene rings is 3. The molecule has 0 fully saturated rings. The van der Waals surface area contributed by atoms with Gasteiger partial charge in [0.15, 0.2) is 0 Å². The van der Waals surface area contributed by atoms with Gasteiger partial charge in [-0.1, -0.05) is 44.2 Å². The molecule has 152 valence electrons. The molecular weight excluding hydrogens is 388 g/mol. The van der Waals surface area contributed by atoms with Crippen LogP contribution in [0.4, 0.5) is 5.69 Å². The normalized spacial score (nSPS) is 11.6. The number of nitrogens with zero attached hydrogens (tertiary/aromatic N) is 1. The Kier molecular flexibility index (Phi) is 6.20. The van der Waals surface area contributed by atoms with Gasteiger partial charge in [0.2, 0.25) is 10.0 Å². The Bertz CT molecular complexity index is 1140. The molecular formula is C22H24N2O4S. The van der Waals surface area contributed by atoms with Gasteiger partial charge in [0.05, 0.1) is 17.6 Å². The zero-order valence-corrected chi connectivity index (χ0v) is 17.5. The lowest BCUT2D eigenvalue weighted by Gasteiger charge is -2.19. The first-order chi connectivity index (χ1) is 13.9. The molecule has 7 heteroatoms. The van der Waals surface area contributed by atoms with E-state index in [1.165, 1.54) is 23.5 Å². The molecule has 0 bridgehead atoms. The fraction of sp³-hybridized carbons (Fsp3) is 0.227. The molecule has 0 unspecified atom stereocenters. The Morgan fingerprint density at radius 1 is 0.966 bits per heavy atom. The highest BCUT2D eigenvalue weighted by molar-refractivity contribution is 7.89. The van der Waals surface area contributed by atoms with Crippen molar-refractivity contribution in [3.63, 3.8) is 0 Å². The molecule has 0 heterocycles. The molecule has 0 spiro atoms. The number of carbonyl (C=O) groups is 1. The minimum Gasteiger partial charge on any atom is -0.496 e. The zero-order valence-electron chi connectivity index (χ0n) is 16.7. The van der Waals surface area contributed by atoms with Crippen molar-refractivity contribution >= 4 is 32.4 Å². The van der Waals surface area contributed by atoms with E-state index in [9.17, 15) is 13.2 Å². The van der Waals surface area contributed by atoms with Crippen molar-refractivity contribution in [3.8, 4) is 5.75 Å². The Morgan fingerprint density at radius 2 is 1.62 bits per heavy atom. The van der Waals surface area contributed by atoms with Crippen LogP contribution in [-0.2, 0) is 10.0 Å². The van der Waals surface area contributed by atoms with Crippen LogP contribution in [0.1, 0.15) is 24.2 Å². The number of sulfonamides is 1. The van der Waals surface area contributed by atoms with E-state index in [0.29, 0.717) is 30.1 Å². The Hall–Kier alpha value is -2.90. The molecule has 0 saturated carbocycles. The summed E-state index contributed by atoms with van der Waals surface area (Å²) in [6.07, 6.45) is 0. The SMILES string of the molecule is CCN(CC)S(=O)(=O)c1cccc(NC(=O)c2cc3ccccc3cc2OC)c1. The highest BCUT2D eigenvalue weighted by atomic mass is 32.2. The number of hydrogen-bond donors (Lipinski definition) is 1. The fourth-order valence-corrected chi connectivity index (χ4v) is 4.72. The third kappa shape index (κ3) is 4.26. The Morgan fingerprint density at radius 3 is 2.24 bits per heavy atom. The van der Waals surface area contributed by atoms with E-state index in [1.54, 1.807) is 32.0 Å². The van der Waals surface area contributed by atoms with Gasteiger partial charge in [0, 0.05) is 18.8 Å². The number of hydrogen-bond acceptors (Lipinski definition) is 4. The molecule has 3 aromatic carbocycles. The van der Waals surface area contributed by atoms with Crippen LogP contribution in [0.25, 0.3) is 10.8 Å². The summed E-state index contributed by atoms with van der Waals surface area (Å²) in [5.41, 5.74) is 0.779. The molecule has 0 aliphatic carbocycles. The van der Waals surface area contributed by atoms with Crippen LogP contribution >= 0.6 is 0 Å². The van der Waals surface area contributed by atoms with Gasteiger partial charge in [0.25, 0.3) is 5.91 Å². The van der Waals surface area contributed by atoms with Crippen LogP contribution in [0.15, 0.2) is 65.6 Å². The molecule has 6 nitrogen and oxygen atoms in total. The molecule has 1 amide bonds. The van der Waals surface area contributed by atoms with Crippen LogP contribution in [0.3, 0.4) is 0 Å². The molecule has 0 aliphatic rings. The first kappa shape index (κ1) is 20.8. The van der Waals surface area contributed by atoms with Gasteiger partial charge in [-0.05, 0) is 41.1 Å². The van der Waals surface area contributed by atoms with Gasteiger partial charge < -0.3 is 10.1 Å². The highest BCUT2D eigenvalue weighted by Crippen LogP contribution is 2.27. The van der Waals surface area contributed by atoms with Gasteiger partial charge in [-0.15, -0.1) is 0 Å². The lowest BCUT2D eigenvalue weighted by molar-refractivity contribution is 0.102. The summed E-state index contributed by atoms with van der Waals surface area (Å²) >= 11 is 0. The maximum Gasteiger partial charge on any atom is 0.259 e. The average molecular weight is 413 g/mol. The third-order valence-corrected chi connectivity index (χ3v) is 6.79. The van der Waals surface area contributed by atoms with E-state index in [0.717, 1.165) is 10.8 Å². The zero-order chi connectivity index (χ0) is 21.0. The van der Waals surface area contributed by atoms with E-state index in [-0.39, 0.29) is 10.8 Å². The summed E-state index contributed by atoms with van der Waals surface area (Å²) < 4.78 is 32.2. The first-order valence-electron chi connectivity index (χ1n) is 9.39. The number of ether oxygens (including phenoxy) is 1. The van der Waals surface area contributed by atoms with Gasteiger partial charge in [-0.3, -0.25) is 4.79 Å². The first-order valence-corrected chi connectivity index (χ1v) is 10.8. The predicted octanol–water partition coefficient (Wildman–Crippen LogP) is 4.13. The van der Waals surface area contributed by atoms with E-state index in [4.69, 9.17) is 4.74 Å². The van der Waals surface area contributed by atoms with E-state index in [2.05, 4.69) is 5.32 Å².